The van der Waals surface area contributed by atoms with Gasteiger partial charge < -0.3 is 5.32 Å². The lowest BCUT2D eigenvalue weighted by Gasteiger charge is -2.05. The summed E-state index contributed by atoms with van der Waals surface area (Å²) in [6.45, 7) is 2.41. The Morgan fingerprint density at radius 3 is 2.76 bits per heavy atom. The average Bonchev–Trinajstić information content (AvgIpc) is 3.13. The van der Waals surface area contributed by atoms with Crippen LogP contribution in [0.4, 0.5) is 0 Å². The molecule has 8 nitrogen and oxygen atoms in total. The monoisotopic (exact) mass is 312 g/mol. The highest BCUT2D eigenvalue weighted by atomic mass is 32.2. The van der Waals surface area contributed by atoms with Crippen molar-refractivity contribution in [1.82, 2.24) is 29.6 Å². The number of nitrogens with one attached hydrogen (secondary N) is 2. The molecular weight excluding hydrogens is 292 g/mol. The van der Waals surface area contributed by atoms with E-state index < -0.39 is 10.0 Å². The summed E-state index contributed by atoms with van der Waals surface area (Å²) in [4.78, 5) is 0.192. The molecule has 0 aliphatic heterocycles. The lowest BCUT2D eigenvalue weighted by atomic mass is 10.4. The predicted molar refractivity (Wildman–Crippen MR) is 78.2 cm³/mol. The second-order valence-electron chi connectivity index (χ2n) is 4.56. The molecule has 0 aliphatic rings. The second-order valence-corrected chi connectivity index (χ2v) is 6.33. The van der Waals surface area contributed by atoms with Crippen LogP contribution in [0.3, 0.4) is 0 Å². The largest absolute Gasteiger partial charge is 0.318 e. The zero-order valence-electron chi connectivity index (χ0n) is 11.9. The first-order valence-electron chi connectivity index (χ1n) is 6.76. The molecule has 2 N–H and O–H groups in total. The van der Waals surface area contributed by atoms with Gasteiger partial charge in [0, 0.05) is 38.2 Å². The molecule has 2 rings (SSSR count). The van der Waals surface area contributed by atoms with E-state index in [1.165, 1.54) is 12.4 Å². The van der Waals surface area contributed by atoms with Crippen LogP contribution in [-0.4, -0.2) is 48.1 Å². The number of nitrogens with zero attached hydrogens (tertiary/aromatic N) is 4. The van der Waals surface area contributed by atoms with E-state index in [4.69, 9.17) is 0 Å². The number of aromatic nitrogens is 4. The minimum atomic E-state index is -3.49. The molecule has 0 saturated heterocycles. The molecule has 0 bridgehead atoms. The Bertz CT molecular complexity index is 635. The quantitative estimate of drug-likeness (QED) is 0.618. The highest BCUT2D eigenvalue weighted by Crippen LogP contribution is 2.06. The van der Waals surface area contributed by atoms with E-state index in [-0.39, 0.29) is 4.90 Å². The third-order valence-electron chi connectivity index (χ3n) is 2.93. The minimum absolute atomic E-state index is 0.192. The van der Waals surface area contributed by atoms with E-state index in [1.54, 1.807) is 15.6 Å². The van der Waals surface area contributed by atoms with E-state index >= 15 is 0 Å². The van der Waals surface area contributed by atoms with E-state index in [0.29, 0.717) is 26.1 Å². The smallest absolute Gasteiger partial charge is 0.243 e. The number of hydrogen-bond acceptors (Lipinski definition) is 5. The van der Waals surface area contributed by atoms with Crippen LogP contribution >= 0.6 is 0 Å². The van der Waals surface area contributed by atoms with Crippen molar-refractivity contribution in [1.29, 1.82) is 0 Å². The highest BCUT2D eigenvalue weighted by molar-refractivity contribution is 7.89. The number of rotatable bonds is 9. The van der Waals surface area contributed by atoms with Gasteiger partial charge >= 0.3 is 0 Å². The Kier molecular flexibility index (Phi) is 5.48. The van der Waals surface area contributed by atoms with Crippen LogP contribution in [0, 0.1) is 0 Å². The lowest BCUT2D eigenvalue weighted by molar-refractivity contribution is 0.552. The van der Waals surface area contributed by atoms with Crippen LogP contribution in [0.25, 0.3) is 0 Å². The summed E-state index contributed by atoms with van der Waals surface area (Å²) >= 11 is 0. The second kappa shape index (κ2) is 7.34. The molecule has 9 heteroatoms. The Morgan fingerprint density at radius 2 is 2.05 bits per heavy atom. The number of likely N-dealkylation sites (N-methyl/N-ethyl adjacent to an activating group) is 1. The first-order chi connectivity index (χ1) is 10.1. The van der Waals surface area contributed by atoms with Gasteiger partial charge in [-0.1, -0.05) is 0 Å². The molecule has 0 unspecified atom stereocenters. The van der Waals surface area contributed by atoms with E-state index in [1.807, 2.05) is 19.3 Å². The van der Waals surface area contributed by atoms with Gasteiger partial charge in [0.15, 0.2) is 0 Å². The van der Waals surface area contributed by atoms with Gasteiger partial charge in [0.2, 0.25) is 10.0 Å². The lowest BCUT2D eigenvalue weighted by Crippen LogP contribution is -2.25. The maximum Gasteiger partial charge on any atom is 0.243 e. The van der Waals surface area contributed by atoms with Crippen molar-refractivity contribution in [2.45, 2.75) is 24.4 Å². The molecule has 2 aromatic heterocycles. The summed E-state index contributed by atoms with van der Waals surface area (Å²) in [6.07, 6.45) is 7.12. The zero-order valence-corrected chi connectivity index (χ0v) is 12.8. The van der Waals surface area contributed by atoms with Crippen LogP contribution < -0.4 is 10.0 Å². The molecule has 21 heavy (non-hydrogen) atoms. The van der Waals surface area contributed by atoms with Gasteiger partial charge in [0.05, 0.1) is 12.7 Å². The van der Waals surface area contributed by atoms with Crippen LogP contribution in [0.5, 0.6) is 0 Å². The van der Waals surface area contributed by atoms with Gasteiger partial charge in [-0.15, -0.1) is 0 Å². The Balaban J connectivity index is 1.82. The molecule has 0 radical (unpaired) electrons. The van der Waals surface area contributed by atoms with Crippen molar-refractivity contribution in [3.63, 3.8) is 0 Å². The molecule has 2 heterocycles. The van der Waals surface area contributed by atoms with Crippen molar-refractivity contribution in [3.05, 3.63) is 30.9 Å². The first kappa shape index (κ1) is 15.7. The fourth-order valence-corrected chi connectivity index (χ4v) is 2.82. The Morgan fingerprint density at radius 1 is 1.19 bits per heavy atom. The van der Waals surface area contributed by atoms with E-state index in [9.17, 15) is 8.42 Å². The molecule has 116 valence electrons. The Hall–Kier alpha value is -1.71. The maximum absolute atomic E-state index is 12.1. The van der Waals surface area contributed by atoms with Gasteiger partial charge in [-0.05, 0) is 19.5 Å². The standard InChI is InChI=1S/C12H20N6O2S/c1-13-6-9-18-11-12(10-15-18)21(19,20)16-5-3-8-17-7-2-4-14-17/h2,4,7,10-11,13,16H,3,5-6,8-9H2,1H3. The molecule has 0 atom stereocenters. The van der Waals surface area contributed by atoms with Gasteiger partial charge in [0.25, 0.3) is 0 Å². The third-order valence-corrected chi connectivity index (χ3v) is 4.34. The van der Waals surface area contributed by atoms with E-state index in [0.717, 1.165) is 6.54 Å². The fourth-order valence-electron chi connectivity index (χ4n) is 1.80. The van der Waals surface area contributed by atoms with Crippen molar-refractivity contribution >= 4 is 10.0 Å². The van der Waals surface area contributed by atoms with Crippen LogP contribution in [-0.2, 0) is 23.1 Å². The van der Waals surface area contributed by atoms with Crippen molar-refractivity contribution in [3.8, 4) is 0 Å². The average molecular weight is 312 g/mol. The van der Waals surface area contributed by atoms with Crippen molar-refractivity contribution < 1.29 is 8.42 Å². The van der Waals surface area contributed by atoms with Crippen molar-refractivity contribution in [2.75, 3.05) is 20.1 Å². The molecule has 0 aromatic carbocycles. The van der Waals surface area contributed by atoms with Gasteiger partial charge in [-0.2, -0.15) is 10.2 Å². The number of sulfonamides is 1. The van der Waals surface area contributed by atoms with Crippen molar-refractivity contribution in [2.24, 2.45) is 0 Å². The molecule has 2 aromatic rings. The number of aryl methyl sites for hydroxylation is 1. The zero-order chi connectivity index (χ0) is 15.1. The van der Waals surface area contributed by atoms with Gasteiger partial charge in [-0.25, -0.2) is 13.1 Å². The summed E-state index contributed by atoms with van der Waals surface area (Å²) in [5.74, 6) is 0. The molecule has 0 amide bonds. The van der Waals surface area contributed by atoms with Crippen LogP contribution in [0.15, 0.2) is 35.7 Å². The molecule has 0 spiro atoms. The Labute approximate surface area is 124 Å². The normalized spacial score (nSPS) is 11.9. The van der Waals surface area contributed by atoms with Crippen LogP contribution in [0.2, 0.25) is 0 Å². The highest BCUT2D eigenvalue weighted by Gasteiger charge is 2.15. The third kappa shape index (κ3) is 4.66. The molecule has 0 aliphatic carbocycles. The summed E-state index contributed by atoms with van der Waals surface area (Å²) in [6, 6.07) is 1.84. The SMILES string of the molecule is CNCCn1cc(S(=O)(=O)NCCCn2cccn2)cn1. The fraction of sp³-hybridized carbons (Fsp3) is 0.500. The van der Waals surface area contributed by atoms with Gasteiger partial charge in [-0.3, -0.25) is 9.36 Å². The van der Waals surface area contributed by atoms with Crippen LogP contribution in [0.1, 0.15) is 6.42 Å². The summed E-state index contributed by atoms with van der Waals surface area (Å²) in [5, 5.41) is 11.1. The number of hydrogen-bond donors (Lipinski definition) is 2. The summed E-state index contributed by atoms with van der Waals surface area (Å²) in [7, 11) is -1.65. The first-order valence-corrected chi connectivity index (χ1v) is 8.24. The summed E-state index contributed by atoms with van der Waals surface area (Å²) in [5.41, 5.74) is 0. The maximum atomic E-state index is 12.1. The summed E-state index contributed by atoms with van der Waals surface area (Å²) < 4.78 is 30.1. The predicted octanol–water partition coefficient (Wildman–Crippen LogP) is -0.332. The van der Waals surface area contributed by atoms with E-state index in [2.05, 4.69) is 20.2 Å². The molecular formula is C12H20N6O2S. The molecule has 0 fully saturated rings. The topological polar surface area (TPSA) is 93.8 Å². The molecule has 0 saturated carbocycles. The minimum Gasteiger partial charge on any atom is -0.318 e. The van der Waals surface area contributed by atoms with Gasteiger partial charge in [0.1, 0.15) is 4.90 Å².